The smallest absolute Gasteiger partial charge is 0.0314 e. The zero-order chi connectivity index (χ0) is 13.7. The van der Waals surface area contributed by atoms with Crippen molar-refractivity contribution in [3.63, 3.8) is 0 Å². The second kappa shape index (κ2) is 7.58. The van der Waals surface area contributed by atoms with Crippen LogP contribution in [-0.2, 0) is 6.42 Å². The Kier molecular flexibility index (Phi) is 6.07. The van der Waals surface area contributed by atoms with Crippen LogP contribution in [0, 0.1) is 0 Å². The minimum atomic E-state index is 0.507. The van der Waals surface area contributed by atoms with Gasteiger partial charge < -0.3 is 5.32 Å². The molecule has 2 rings (SSSR count). The number of benzene rings is 1. The molecule has 0 aliphatic heterocycles. The summed E-state index contributed by atoms with van der Waals surface area (Å²) in [5.41, 5.74) is 1.38. The quantitative estimate of drug-likeness (QED) is 0.699. The molecule has 19 heavy (non-hydrogen) atoms. The Balaban J connectivity index is 2.18. The second-order valence-corrected chi connectivity index (χ2v) is 7.23. The molecule has 102 valence electrons. The lowest BCUT2D eigenvalue weighted by Gasteiger charge is -2.18. The average molecular weight is 403 g/mol. The molecule has 1 N–H and O–H groups in total. The lowest BCUT2D eigenvalue weighted by atomic mass is 9.95. The van der Waals surface area contributed by atoms with Crippen LogP contribution in [0.2, 0.25) is 0 Å². The lowest BCUT2D eigenvalue weighted by Crippen LogP contribution is -2.22. The van der Waals surface area contributed by atoms with E-state index in [2.05, 4.69) is 79.8 Å². The molecule has 0 fully saturated rings. The highest BCUT2D eigenvalue weighted by molar-refractivity contribution is 9.10. The third-order valence-corrected chi connectivity index (χ3v) is 5.53. The highest BCUT2D eigenvalue weighted by Gasteiger charge is 2.14. The summed E-state index contributed by atoms with van der Waals surface area (Å²) in [5.74, 6) is 0.507. The zero-order valence-electron chi connectivity index (χ0n) is 10.8. The monoisotopic (exact) mass is 401 g/mol. The van der Waals surface area contributed by atoms with Gasteiger partial charge in [0.15, 0.2) is 0 Å². The Bertz CT molecular complexity index is 524. The van der Waals surface area contributed by atoms with E-state index in [1.165, 1.54) is 14.9 Å². The maximum Gasteiger partial charge on any atom is 0.0314 e. The molecule has 1 atom stereocenters. The van der Waals surface area contributed by atoms with Gasteiger partial charge in [0.1, 0.15) is 0 Å². The van der Waals surface area contributed by atoms with E-state index in [1.54, 1.807) is 0 Å². The van der Waals surface area contributed by atoms with E-state index in [9.17, 15) is 0 Å². The van der Waals surface area contributed by atoms with Gasteiger partial charge in [0.2, 0.25) is 0 Å². The first-order chi connectivity index (χ1) is 9.20. The van der Waals surface area contributed by atoms with Gasteiger partial charge in [-0.15, -0.1) is 11.3 Å². The van der Waals surface area contributed by atoms with Gasteiger partial charge in [-0.2, -0.15) is 0 Å². The first-order valence-electron chi connectivity index (χ1n) is 6.38. The van der Waals surface area contributed by atoms with Crippen molar-refractivity contribution in [3.8, 4) is 0 Å². The van der Waals surface area contributed by atoms with E-state index in [4.69, 9.17) is 0 Å². The van der Waals surface area contributed by atoms with E-state index in [0.29, 0.717) is 5.92 Å². The van der Waals surface area contributed by atoms with Gasteiger partial charge in [-0.1, -0.05) is 35.0 Å². The predicted octanol–water partition coefficient (Wildman–Crippen LogP) is 5.21. The molecular formula is C15H17Br2NS. The number of likely N-dealkylation sites (N-methyl/N-ethyl adjacent to an activating group) is 1. The molecule has 1 aromatic carbocycles. The van der Waals surface area contributed by atoms with Crippen molar-refractivity contribution in [1.82, 2.24) is 5.32 Å². The number of thiophene rings is 1. The molecular weight excluding hydrogens is 386 g/mol. The Morgan fingerprint density at radius 1 is 1.26 bits per heavy atom. The van der Waals surface area contributed by atoms with E-state index in [-0.39, 0.29) is 0 Å². The fourth-order valence-electron chi connectivity index (χ4n) is 2.08. The minimum absolute atomic E-state index is 0.507. The third-order valence-electron chi connectivity index (χ3n) is 3.08. The van der Waals surface area contributed by atoms with Crippen molar-refractivity contribution in [2.45, 2.75) is 19.3 Å². The van der Waals surface area contributed by atoms with E-state index in [0.717, 1.165) is 24.0 Å². The molecule has 0 aliphatic carbocycles. The highest BCUT2D eigenvalue weighted by Crippen LogP contribution is 2.30. The number of hydrogen-bond donors (Lipinski definition) is 1. The number of hydrogen-bond acceptors (Lipinski definition) is 2. The Labute approximate surface area is 135 Å². The summed E-state index contributed by atoms with van der Waals surface area (Å²) in [6.45, 7) is 4.17. The molecule has 0 saturated carbocycles. The van der Waals surface area contributed by atoms with Gasteiger partial charge >= 0.3 is 0 Å². The van der Waals surface area contributed by atoms with Gasteiger partial charge in [-0.25, -0.2) is 0 Å². The Morgan fingerprint density at radius 2 is 2.11 bits per heavy atom. The molecule has 1 heterocycles. The molecule has 0 spiro atoms. The summed E-state index contributed by atoms with van der Waals surface area (Å²) >= 11 is 9.02. The molecule has 1 unspecified atom stereocenters. The van der Waals surface area contributed by atoms with Gasteiger partial charge in [0.25, 0.3) is 0 Å². The predicted molar refractivity (Wildman–Crippen MR) is 91.1 cm³/mol. The van der Waals surface area contributed by atoms with Crippen LogP contribution in [0.4, 0.5) is 0 Å². The Morgan fingerprint density at radius 3 is 2.74 bits per heavy atom. The normalized spacial score (nSPS) is 12.6. The molecule has 0 saturated heterocycles. The standard InChI is InChI=1S/C15H17Br2NS/c1-2-18-10-12(9-15-14(17)6-7-19-15)11-4-3-5-13(16)8-11/h3-8,12,18H,2,9-10H2,1H3. The number of halogens is 2. The van der Waals surface area contributed by atoms with Crippen LogP contribution in [0.3, 0.4) is 0 Å². The van der Waals surface area contributed by atoms with Crippen LogP contribution in [0.15, 0.2) is 44.7 Å². The van der Waals surface area contributed by atoms with Crippen LogP contribution < -0.4 is 5.32 Å². The number of nitrogens with one attached hydrogen (secondary N) is 1. The third kappa shape index (κ3) is 4.42. The fraction of sp³-hybridized carbons (Fsp3) is 0.333. The zero-order valence-corrected chi connectivity index (χ0v) is 14.8. The van der Waals surface area contributed by atoms with Crippen molar-refractivity contribution in [3.05, 3.63) is 55.1 Å². The molecule has 0 bridgehead atoms. The van der Waals surface area contributed by atoms with Crippen molar-refractivity contribution in [1.29, 1.82) is 0 Å². The molecule has 4 heteroatoms. The molecule has 2 aromatic rings. The molecule has 1 nitrogen and oxygen atoms in total. The van der Waals surface area contributed by atoms with E-state index < -0.39 is 0 Å². The topological polar surface area (TPSA) is 12.0 Å². The SMILES string of the molecule is CCNCC(Cc1sccc1Br)c1cccc(Br)c1. The first kappa shape index (κ1) is 15.2. The fourth-order valence-corrected chi connectivity index (χ4v) is 4.09. The van der Waals surface area contributed by atoms with Crippen molar-refractivity contribution in [2.24, 2.45) is 0 Å². The van der Waals surface area contributed by atoms with Crippen LogP contribution in [0.5, 0.6) is 0 Å². The summed E-state index contributed by atoms with van der Waals surface area (Å²) in [5, 5.41) is 5.62. The first-order valence-corrected chi connectivity index (χ1v) is 8.85. The largest absolute Gasteiger partial charge is 0.316 e. The minimum Gasteiger partial charge on any atom is -0.316 e. The van der Waals surface area contributed by atoms with Gasteiger partial charge in [-0.3, -0.25) is 0 Å². The van der Waals surface area contributed by atoms with E-state index in [1.807, 2.05) is 11.3 Å². The van der Waals surface area contributed by atoms with Crippen molar-refractivity contribution in [2.75, 3.05) is 13.1 Å². The maximum atomic E-state index is 3.63. The molecule has 0 amide bonds. The average Bonchev–Trinajstić information content (AvgIpc) is 2.80. The molecule has 0 radical (unpaired) electrons. The van der Waals surface area contributed by atoms with Gasteiger partial charge in [0.05, 0.1) is 0 Å². The van der Waals surface area contributed by atoms with Gasteiger partial charge in [-0.05, 0) is 58.0 Å². The summed E-state index contributed by atoms with van der Waals surface area (Å²) in [4.78, 5) is 1.42. The van der Waals surface area contributed by atoms with Crippen LogP contribution >= 0.6 is 43.2 Å². The van der Waals surface area contributed by atoms with Crippen molar-refractivity contribution >= 4 is 43.2 Å². The summed E-state index contributed by atoms with van der Waals surface area (Å²) in [6, 6.07) is 10.8. The molecule has 1 aromatic heterocycles. The second-order valence-electron chi connectivity index (χ2n) is 4.46. The van der Waals surface area contributed by atoms with Crippen molar-refractivity contribution < 1.29 is 0 Å². The van der Waals surface area contributed by atoms with Crippen LogP contribution in [0.1, 0.15) is 23.3 Å². The Hall–Kier alpha value is -0.160. The van der Waals surface area contributed by atoms with E-state index >= 15 is 0 Å². The summed E-state index contributed by atoms with van der Waals surface area (Å²) in [6.07, 6.45) is 1.07. The lowest BCUT2D eigenvalue weighted by molar-refractivity contribution is 0.597. The summed E-state index contributed by atoms with van der Waals surface area (Å²) in [7, 11) is 0. The van der Waals surface area contributed by atoms with Crippen LogP contribution in [0.25, 0.3) is 0 Å². The maximum absolute atomic E-state index is 3.63. The number of rotatable bonds is 6. The van der Waals surface area contributed by atoms with Gasteiger partial charge in [0, 0.05) is 26.3 Å². The summed E-state index contributed by atoms with van der Waals surface area (Å²) < 4.78 is 2.38. The highest BCUT2D eigenvalue weighted by atomic mass is 79.9. The molecule has 0 aliphatic rings. The van der Waals surface area contributed by atoms with Crippen LogP contribution in [-0.4, -0.2) is 13.1 Å².